The Bertz CT molecular complexity index is 820. The first-order valence-electron chi connectivity index (χ1n) is 10.6. The van der Waals surface area contributed by atoms with Gasteiger partial charge in [-0.05, 0) is 30.2 Å². The van der Waals surface area contributed by atoms with Gasteiger partial charge in [0.25, 0.3) is 5.91 Å². The smallest absolute Gasteiger partial charge is 0.254 e. The van der Waals surface area contributed by atoms with E-state index in [0.29, 0.717) is 51.4 Å². The maximum Gasteiger partial charge on any atom is 0.254 e. The van der Waals surface area contributed by atoms with Crippen molar-refractivity contribution in [2.45, 2.75) is 18.6 Å². The summed E-state index contributed by atoms with van der Waals surface area (Å²) in [4.78, 5) is 16.7. The molecule has 0 aliphatic carbocycles. The molecule has 2 unspecified atom stereocenters. The summed E-state index contributed by atoms with van der Waals surface area (Å²) in [7, 11) is 1.58. The third kappa shape index (κ3) is 7.40. The van der Waals surface area contributed by atoms with Crippen LogP contribution in [0.3, 0.4) is 0 Å². The van der Waals surface area contributed by atoms with Gasteiger partial charge in [0.15, 0.2) is 0 Å². The predicted octanol–water partition coefficient (Wildman–Crippen LogP) is 2.22. The maximum absolute atomic E-state index is 13.6. The van der Waals surface area contributed by atoms with E-state index in [1.54, 1.807) is 18.1 Å². The van der Waals surface area contributed by atoms with Crippen LogP contribution in [0.15, 0.2) is 54.6 Å². The highest BCUT2D eigenvalue weighted by atomic mass is 19.1. The van der Waals surface area contributed by atoms with Crippen molar-refractivity contribution in [3.63, 3.8) is 0 Å². The lowest BCUT2D eigenvalue weighted by atomic mass is 10.1. The fraction of sp³-hybridized carbons (Fsp3) is 0.458. The molecule has 1 saturated heterocycles. The lowest BCUT2D eigenvalue weighted by Crippen LogP contribution is -2.51. The van der Waals surface area contributed by atoms with Crippen LogP contribution in [0.5, 0.6) is 0 Å². The zero-order valence-corrected chi connectivity index (χ0v) is 18.0. The van der Waals surface area contributed by atoms with Crippen LogP contribution in [0.1, 0.15) is 15.9 Å². The normalized spacial score (nSPS) is 18.0. The number of hydrogen-bond donors (Lipinski definition) is 1. The second kappa shape index (κ2) is 11.9. The van der Waals surface area contributed by atoms with Gasteiger partial charge in [0, 0.05) is 45.4 Å². The molecule has 168 valence electrons. The standard InChI is InChI=1S/C24H31FN2O4/c1-30-12-11-27(24(29)20-8-5-9-21(25)15-20)18-23-17-26(10-13-31-23)16-22(28)14-19-6-3-2-4-7-19/h2-9,15,22-23,28H,10-14,16-18H2,1H3. The largest absolute Gasteiger partial charge is 0.391 e. The molecule has 0 aromatic heterocycles. The van der Waals surface area contributed by atoms with Gasteiger partial charge in [-0.25, -0.2) is 4.39 Å². The van der Waals surface area contributed by atoms with Crippen molar-refractivity contribution < 1.29 is 23.8 Å². The van der Waals surface area contributed by atoms with Crippen molar-refractivity contribution >= 4 is 5.91 Å². The number of morpholine rings is 1. The fourth-order valence-corrected chi connectivity index (χ4v) is 3.83. The van der Waals surface area contributed by atoms with E-state index < -0.39 is 11.9 Å². The Balaban J connectivity index is 1.57. The summed E-state index contributed by atoms with van der Waals surface area (Å²) in [5.41, 5.74) is 1.41. The van der Waals surface area contributed by atoms with Gasteiger partial charge in [0.2, 0.25) is 0 Å². The molecule has 1 N–H and O–H groups in total. The van der Waals surface area contributed by atoms with Crippen LogP contribution >= 0.6 is 0 Å². The molecule has 6 nitrogen and oxygen atoms in total. The monoisotopic (exact) mass is 430 g/mol. The summed E-state index contributed by atoms with van der Waals surface area (Å²) in [6, 6.07) is 15.6. The van der Waals surface area contributed by atoms with Gasteiger partial charge in [-0.3, -0.25) is 9.69 Å². The fourth-order valence-electron chi connectivity index (χ4n) is 3.83. The van der Waals surface area contributed by atoms with Crippen LogP contribution in [-0.4, -0.2) is 86.1 Å². The number of aliphatic hydroxyl groups excluding tert-OH is 1. The van der Waals surface area contributed by atoms with E-state index in [9.17, 15) is 14.3 Å². The van der Waals surface area contributed by atoms with E-state index in [2.05, 4.69) is 4.90 Å². The summed E-state index contributed by atoms with van der Waals surface area (Å²) < 4.78 is 24.6. The summed E-state index contributed by atoms with van der Waals surface area (Å²) >= 11 is 0. The predicted molar refractivity (Wildman–Crippen MR) is 117 cm³/mol. The van der Waals surface area contributed by atoms with Crippen LogP contribution in [0.4, 0.5) is 4.39 Å². The van der Waals surface area contributed by atoms with E-state index in [1.165, 1.54) is 18.2 Å². The van der Waals surface area contributed by atoms with Gasteiger partial charge in [-0.2, -0.15) is 0 Å². The van der Waals surface area contributed by atoms with Crippen molar-refractivity contribution in [1.29, 1.82) is 0 Å². The highest BCUT2D eigenvalue weighted by molar-refractivity contribution is 5.94. The number of carbonyl (C=O) groups excluding carboxylic acids is 1. The quantitative estimate of drug-likeness (QED) is 0.626. The second-order valence-electron chi connectivity index (χ2n) is 7.85. The number of carbonyl (C=O) groups is 1. The van der Waals surface area contributed by atoms with Gasteiger partial charge in [0.05, 0.1) is 25.4 Å². The first kappa shape index (κ1) is 23.3. The first-order chi connectivity index (χ1) is 15.0. The van der Waals surface area contributed by atoms with E-state index >= 15 is 0 Å². The first-order valence-corrected chi connectivity index (χ1v) is 10.6. The zero-order chi connectivity index (χ0) is 22.1. The molecule has 1 aliphatic heterocycles. The lowest BCUT2D eigenvalue weighted by molar-refractivity contribution is -0.0515. The minimum absolute atomic E-state index is 0.188. The number of rotatable bonds is 10. The number of nitrogens with zero attached hydrogens (tertiary/aromatic N) is 2. The molecule has 0 spiro atoms. The molecular weight excluding hydrogens is 399 g/mol. The van der Waals surface area contributed by atoms with Crippen LogP contribution < -0.4 is 0 Å². The summed E-state index contributed by atoms with van der Waals surface area (Å²) in [5, 5.41) is 10.5. The van der Waals surface area contributed by atoms with Crippen molar-refractivity contribution in [2.75, 3.05) is 53.0 Å². The second-order valence-corrected chi connectivity index (χ2v) is 7.85. The third-order valence-corrected chi connectivity index (χ3v) is 5.35. The molecular formula is C24H31FN2O4. The number of benzene rings is 2. The molecule has 1 fully saturated rings. The highest BCUT2D eigenvalue weighted by Crippen LogP contribution is 2.13. The topological polar surface area (TPSA) is 62.2 Å². The molecule has 1 amide bonds. The molecule has 2 aromatic rings. The van der Waals surface area contributed by atoms with Gasteiger partial charge in [0.1, 0.15) is 5.82 Å². The number of hydrogen-bond acceptors (Lipinski definition) is 5. The van der Waals surface area contributed by atoms with Crippen molar-refractivity contribution in [3.8, 4) is 0 Å². The molecule has 31 heavy (non-hydrogen) atoms. The Hall–Kier alpha value is -2.32. The average molecular weight is 431 g/mol. The van der Waals surface area contributed by atoms with Crippen molar-refractivity contribution in [3.05, 3.63) is 71.5 Å². The lowest BCUT2D eigenvalue weighted by Gasteiger charge is -2.36. The number of halogens is 1. The van der Waals surface area contributed by atoms with Gasteiger partial charge in [-0.1, -0.05) is 36.4 Å². The molecule has 1 aliphatic rings. The Morgan fingerprint density at radius 3 is 2.84 bits per heavy atom. The van der Waals surface area contributed by atoms with E-state index in [1.807, 2.05) is 30.3 Å². The third-order valence-electron chi connectivity index (χ3n) is 5.35. The number of methoxy groups -OCH3 is 1. The zero-order valence-electron chi connectivity index (χ0n) is 18.0. The Kier molecular flexibility index (Phi) is 8.97. The molecule has 7 heteroatoms. The number of β-amino-alcohol motifs (C(OH)–C–C–N with tert-alkyl or cyclic N) is 1. The highest BCUT2D eigenvalue weighted by Gasteiger charge is 2.26. The number of aliphatic hydroxyl groups is 1. The van der Waals surface area contributed by atoms with Crippen LogP contribution in [0.25, 0.3) is 0 Å². The van der Waals surface area contributed by atoms with Crippen LogP contribution in [0, 0.1) is 5.82 Å². The maximum atomic E-state index is 13.6. The van der Waals surface area contributed by atoms with Gasteiger partial charge < -0.3 is 19.5 Å². The van der Waals surface area contributed by atoms with Gasteiger partial charge in [-0.15, -0.1) is 0 Å². The van der Waals surface area contributed by atoms with Gasteiger partial charge >= 0.3 is 0 Å². The SMILES string of the molecule is COCCN(CC1CN(CC(O)Cc2ccccc2)CCO1)C(=O)c1cccc(F)c1. The Morgan fingerprint density at radius 1 is 1.29 bits per heavy atom. The van der Waals surface area contributed by atoms with E-state index in [-0.39, 0.29) is 12.0 Å². The van der Waals surface area contributed by atoms with Crippen LogP contribution in [-0.2, 0) is 15.9 Å². The average Bonchev–Trinajstić information content (AvgIpc) is 2.77. The molecule has 0 bridgehead atoms. The Morgan fingerprint density at radius 2 is 2.10 bits per heavy atom. The molecule has 0 saturated carbocycles. The number of ether oxygens (including phenoxy) is 2. The van der Waals surface area contributed by atoms with Crippen LogP contribution in [0.2, 0.25) is 0 Å². The molecule has 1 heterocycles. The molecule has 3 rings (SSSR count). The summed E-state index contributed by atoms with van der Waals surface area (Å²) in [5.74, 6) is -0.688. The molecule has 2 atom stereocenters. The van der Waals surface area contributed by atoms with E-state index in [0.717, 1.165) is 12.1 Å². The number of amides is 1. The minimum atomic E-state index is -0.473. The van der Waals surface area contributed by atoms with E-state index in [4.69, 9.17) is 9.47 Å². The molecule has 2 aromatic carbocycles. The molecule has 0 radical (unpaired) electrons. The van der Waals surface area contributed by atoms with Crippen molar-refractivity contribution in [1.82, 2.24) is 9.80 Å². The van der Waals surface area contributed by atoms with Crippen molar-refractivity contribution in [2.24, 2.45) is 0 Å². The minimum Gasteiger partial charge on any atom is -0.391 e. The summed E-state index contributed by atoms with van der Waals surface area (Å²) in [6.07, 6.45) is -0.0624. The summed E-state index contributed by atoms with van der Waals surface area (Å²) in [6.45, 7) is 3.59. The Labute approximate surface area is 183 Å².